The molecular formula is C15H17N3O4. The number of amides is 1. The molecule has 1 heterocycles. The minimum absolute atomic E-state index is 0.103. The first-order chi connectivity index (χ1) is 10.5. The summed E-state index contributed by atoms with van der Waals surface area (Å²) in [5.74, 6) is 1.26. The largest absolute Gasteiger partial charge is 0.465 e. The number of nitrogens with one attached hydrogen (secondary N) is 1. The number of anilines is 1. The zero-order valence-corrected chi connectivity index (χ0v) is 12.4. The van der Waals surface area contributed by atoms with Crippen LogP contribution < -0.4 is 5.32 Å². The standard InChI is InChI=1S/C15H17N3O4/c1-11-7-8-12(22-11)9-17(2)10-15(19)16-13-5-3-4-6-14(13)18(20)21/h3-8H,9-10H2,1-2H3,(H,16,19). The Bertz CT molecular complexity index is 681. The van der Waals surface area contributed by atoms with Crippen LogP contribution in [0.5, 0.6) is 0 Å². The highest BCUT2D eigenvalue weighted by atomic mass is 16.6. The van der Waals surface area contributed by atoms with Gasteiger partial charge in [0.1, 0.15) is 17.2 Å². The molecule has 0 saturated heterocycles. The van der Waals surface area contributed by atoms with Crippen LogP contribution in [0.4, 0.5) is 11.4 Å². The molecule has 1 aromatic carbocycles. The number of hydrogen-bond donors (Lipinski definition) is 1. The van der Waals surface area contributed by atoms with Crippen LogP contribution >= 0.6 is 0 Å². The van der Waals surface area contributed by atoms with E-state index >= 15 is 0 Å². The summed E-state index contributed by atoms with van der Waals surface area (Å²) < 4.78 is 5.44. The fourth-order valence-electron chi connectivity index (χ4n) is 2.07. The van der Waals surface area contributed by atoms with E-state index in [0.29, 0.717) is 6.54 Å². The smallest absolute Gasteiger partial charge is 0.292 e. The van der Waals surface area contributed by atoms with Gasteiger partial charge in [-0.1, -0.05) is 12.1 Å². The van der Waals surface area contributed by atoms with Gasteiger partial charge in [-0.25, -0.2) is 0 Å². The van der Waals surface area contributed by atoms with E-state index in [0.717, 1.165) is 11.5 Å². The molecule has 0 bridgehead atoms. The molecule has 7 nitrogen and oxygen atoms in total. The van der Waals surface area contributed by atoms with Crippen LogP contribution in [-0.4, -0.2) is 29.3 Å². The highest BCUT2D eigenvalue weighted by Gasteiger charge is 2.16. The van der Waals surface area contributed by atoms with Crippen LogP contribution in [0.15, 0.2) is 40.8 Å². The van der Waals surface area contributed by atoms with Crippen molar-refractivity contribution in [2.75, 3.05) is 18.9 Å². The predicted octanol–water partition coefficient (Wildman–Crippen LogP) is 2.57. The minimum Gasteiger partial charge on any atom is -0.465 e. The number of likely N-dealkylation sites (N-methyl/N-ethyl adjacent to an activating group) is 1. The van der Waals surface area contributed by atoms with Gasteiger partial charge in [0, 0.05) is 6.07 Å². The fraction of sp³-hybridized carbons (Fsp3) is 0.267. The molecule has 2 aromatic rings. The quantitative estimate of drug-likeness (QED) is 0.654. The number of nitro benzene ring substituents is 1. The lowest BCUT2D eigenvalue weighted by molar-refractivity contribution is -0.383. The van der Waals surface area contributed by atoms with Gasteiger partial charge in [-0.15, -0.1) is 0 Å². The second kappa shape index (κ2) is 6.86. The lowest BCUT2D eigenvalue weighted by Gasteiger charge is -2.14. The average Bonchev–Trinajstić information content (AvgIpc) is 2.83. The summed E-state index contributed by atoms with van der Waals surface area (Å²) in [5.41, 5.74) is 0.0694. The Morgan fingerprint density at radius 2 is 2.05 bits per heavy atom. The first-order valence-electron chi connectivity index (χ1n) is 6.73. The van der Waals surface area contributed by atoms with Crippen molar-refractivity contribution in [3.8, 4) is 0 Å². The van der Waals surface area contributed by atoms with Crippen molar-refractivity contribution < 1.29 is 14.1 Å². The lowest BCUT2D eigenvalue weighted by atomic mass is 10.2. The maximum atomic E-state index is 12.0. The van der Waals surface area contributed by atoms with Crippen LogP contribution in [0.25, 0.3) is 0 Å². The van der Waals surface area contributed by atoms with Gasteiger partial charge in [0.2, 0.25) is 5.91 Å². The van der Waals surface area contributed by atoms with E-state index in [2.05, 4.69) is 5.32 Å². The van der Waals surface area contributed by atoms with Gasteiger partial charge in [0.25, 0.3) is 5.69 Å². The van der Waals surface area contributed by atoms with Gasteiger partial charge in [-0.05, 0) is 32.2 Å². The van der Waals surface area contributed by atoms with Crippen LogP contribution in [-0.2, 0) is 11.3 Å². The molecule has 0 unspecified atom stereocenters. The Kier molecular flexibility index (Phi) is 4.90. The lowest BCUT2D eigenvalue weighted by Crippen LogP contribution is -2.29. The highest BCUT2D eigenvalue weighted by molar-refractivity contribution is 5.94. The molecule has 1 amide bonds. The summed E-state index contributed by atoms with van der Waals surface area (Å²) >= 11 is 0. The molecule has 0 radical (unpaired) electrons. The summed E-state index contributed by atoms with van der Waals surface area (Å²) in [6.07, 6.45) is 0. The third kappa shape index (κ3) is 4.16. The van der Waals surface area contributed by atoms with E-state index in [1.165, 1.54) is 12.1 Å². The summed E-state index contributed by atoms with van der Waals surface area (Å²) in [6, 6.07) is 9.76. The number of aryl methyl sites for hydroxylation is 1. The summed E-state index contributed by atoms with van der Waals surface area (Å²) in [4.78, 5) is 24.1. The molecule has 0 spiro atoms. The number of nitrogens with zero attached hydrogens (tertiary/aromatic N) is 2. The molecule has 116 valence electrons. The van der Waals surface area contributed by atoms with Gasteiger partial charge < -0.3 is 9.73 Å². The van der Waals surface area contributed by atoms with E-state index in [4.69, 9.17) is 4.42 Å². The molecule has 7 heteroatoms. The van der Waals surface area contributed by atoms with Crippen molar-refractivity contribution >= 4 is 17.3 Å². The molecule has 0 aliphatic rings. The maximum absolute atomic E-state index is 12.0. The molecule has 1 aromatic heterocycles. The fourth-order valence-corrected chi connectivity index (χ4v) is 2.07. The first kappa shape index (κ1) is 15.7. The third-order valence-electron chi connectivity index (χ3n) is 3.01. The molecule has 0 fully saturated rings. The molecule has 1 N–H and O–H groups in total. The minimum atomic E-state index is -0.523. The van der Waals surface area contributed by atoms with Crippen molar-refractivity contribution in [2.45, 2.75) is 13.5 Å². The van der Waals surface area contributed by atoms with Crippen LogP contribution in [0.2, 0.25) is 0 Å². The molecule has 22 heavy (non-hydrogen) atoms. The maximum Gasteiger partial charge on any atom is 0.292 e. The second-order valence-electron chi connectivity index (χ2n) is 5.01. The van der Waals surface area contributed by atoms with Crippen molar-refractivity contribution in [1.82, 2.24) is 4.90 Å². The van der Waals surface area contributed by atoms with E-state index < -0.39 is 4.92 Å². The zero-order chi connectivity index (χ0) is 16.1. The van der Waals surface area contributed by atoms with Crippen LogP contribution in [0.1, 0.15) is 11.5 Å². The Morgan fingerprint density at radius 3 is 2.68 bits per heavy atom. The van der Waals surface area contributed by atoms with Crippen molar-refractivity contribution in [3.63, 3.8) is 0 Å². The Morgan fingerprint density at radius 1 is 1.32 bits per heavy atom. The zero-order valence-electron chi connectivity index (χ0n) is 12.4. The topological polar surface area (TPSA) is 88.6 Å². The van der Waals surface area contributed by atoms with Crippen LogP contribution in [0, 0.1) is 17.0 Å². The number of carbonyl (C=O) groups excluding carboxylic acids is 1. The number of rotatable bonds is 6. The summed E-state index contributed by atoms with van der Waals surface area (Å²) in [7, 11) is 1.77. The molecule has 0 aliphatic heterocycles. The van der Waals surface area contributed by atoms with E-state index in [9.17, 15) is 14.9 Å². The van der Waals surface area contributed by atoms with E-state index in [1.807, 2.05) is 19.1 Å². The molecular weight excluding hydrogens is 286 g/mol. The van der Waals surface area contributed by atoms with E-state index in [-0.39, 0.29) is 23.8 Å². The highest BCUT2D eigenvalue weighted by Crippen LogP contribution is 2.23. The Hall–Kier alpha value is -2.67. The van der Waals surface area contributed by atoms with E-state index in [1.54, 1.807) is 24.1 Å². The Balaban J connectivity index is 1.94. The van der Waals surface area contributed by atoms with Gasteiger partial charge in [0.15, 0.2) is 0 Å². The molecule has 0 aliphatic carbocycles. The van der Waals surface area contributed by atoms with Crippen molar-refractivity contribution in [2.24, 2.45) is 0 Å². The second-order valence-corrected chi connectivity index (χ2v) is 5.01. The number of para-hydroxylation sites is 2. The number of hydrogen-bond acceptors (Lipinski definition) is 5. The van der Waals surface area contributed by atoms with Crippen LogP contribution in [0.3, 0.4) is 0 Å². The number of nitro groups is 1. The molecule has 0 atom stereocenters. The molecule has 2 rings (SSSR count). The summed E-state index contributed by atoms with van der Waals surface area (Å²) in [6.45, 7) is 2.44. The number of carbonyl (C=O) groups is 1. The van der Waals surface area contributed by atoms with Gasteiger partial charge in [-0.3, -0.25) is 19.8 Å². The predicted molar refractivity (Wildman–Crippen MR) is 81.5 cm³/mol. The van der Waals surface area contributed by atoms with Crippen molar-refractivity contribution in [3.05, 3.63) is 58.0 Å². The summed E-state index contributed by atoms with van der Waals surface area (Å²) in [5, 5.41) is 13.5. The van der Waals surface area contributed by atoms with Crippen molar-refractivity contribution in [1.29, 1.82) is 0 Å². The number of benzene rings is 1. The monoisotopic (exact) mass is 303 g/mol. The molecule has 0 saturated carbocycles. The van der Waals surface area contributed by atoms with Gasteiger partial charge in [0.05, 0.1) is 18.0 Å². The number of furan rings is 1. The third-order valence-corrected chi connectivity index (χ3v) is 3.01. The van der Waals surface area contributed by atoms with Gasteiger partial charge in [-0.2, -0.15) is 0 Å². The first-order valence-corrected chi connectivity index (χ1v) is 6.73. The van der Waals surface area contributed by atoms with Gasteiger partial charge >= 0.3 is 0 Å². The average molecular weight is 303 g/mol. The Labute approximate surface area is 127 Å². The SMILES string of the molecule is Cc1ccc(CN(C)CC(=O)Nc2ccccc2[N+](=O)[O-])o1. The normalized spacial score (nSPS) is 10.7.